The van der Waals surface area contributed by atoms with Crippen LogP contribution in [0, 0.1) is 6.92 Å². The Morgan fingerprint density at radius 1 is 1.15 bits per heavy atom. The summed E-state index contributed by atoms with van der Waals surface area (Å²) in [6.45, 7) is 7.28. The zero-order valence-corrected chi connectivity index (χ0v) is 16.8. The van der Waals surface area contributed by atoms with Crippen molar-refractivity contribution in [3.05, 3.63) is 11.6 Å². The van der Waals surface area contributed by atoms with Gasteiger partial charge in [-0.25, -0.2) is 4.99 Å². The third kappa shape index (κ3) is 7.32. The van der Waals surface area contributed by atoms with Crippen LogP contribution in [0.15, 0.2) is 4.99 Å². The fourth-order valence-corrected chi connectivity index (χ4v) is 3.06. The summed E-state index contributed by atoms with van der Waals surface area (Å²) in [4.78, 5) is 4.66. The SMILES string of the molecule is CCCCNC(=NCc1nnc(C)n1C)NCCCOC1CCCCC1. The molecular formula is C19H36N6O. The number of aliphatic imine (C=N–C) groups is 1. The maximum Gasteiger partial charge on any atom is 0.191 e. The van der Waals surface area contributed by atoms with Crippen molar-refractivity contribution in [2.75, 3.05) is 19.7 Å². The lowest BCUT2D eigenvalue weighted by Gasteiger charge is -2.22. The number of rotatable bonds is 10. The van der Waals surface area contributed by atoms with Gasteiger partial charge < -0.3 is 19.9 Å². The van der Waals surface area contributed by atoms with Gasteiger partial charge in [-0.15, -0.1) is 10.2 Å². The van der Waals surface area contributed by atoms with Crippen LogP contribution in [-0.2, 0) is 18.3 Å². The zero-order chi connectivity index (χ0) is 18.6. The average molecular weight is 365 g/mol. The molecule has 0 amide bonds. The first-order valence-corrected chi connectivity index (χ1v) is 10.2. The molecule has 1 heterocycles. The third-order valence-electron chi connectivity index (χ3n) is 4.90. The summed E-state index contributed by atoms with van der Waals surface area (Å²) in [7, 11) is 1.97. The zero-order valence-electron chi connectivity index (χ0n) is 16.8. The van der Waals surface area contributed by atoms with E-state index in [1.54, 1.807) is 0 Å². The molecule has 148 valence electrons. The van der Waals surface area contributed by atoms with Gasteiger partial charge >= 0.3 is 0 Å². The average Bonchev–Trinajstić information content (AvgIpc) is 2.98. The summed E-state index contributed by atoms with van der Waals surface area (Å²) in [5.41, 5.74) is 0. The summed E-state index contributed by atoms with van der Waals surface area (Å²) in [5.74, 6) is 2.63. The fourth-order valence-electron chi connectivity index (χ4n) is 3.06. The van der Waals surface area contributed by atoms with Crippen molar-refractivity contribution in [1.29, 1.82) is 0 Å². The molecule has 1 aliphatic rings. The first-order valence-electron chi connectivity index (χ1n) is 10.2. The van der Waals surface area contributed by atoms with Gasteiger partial charge in [-0.2, -0.15) is 0 Å². The molecule has 1 aliphatic carbocycles. The van der Waals surface area contributed by atoms with E-state index in [0.29, 0.717) is 12.6 Å². The maximum atomic E-state index is 5.99. The van der Waals surface area contributed by atoms with Crippen LogP contribution in [0.3, 0.4) is 0 Å². The normalized spacial score (nSPS) is 16.0. The third-order valence-corrected chi connectivity index (χ3v) is 4.90. The number of hydrogen-bond acceptors (Lipinski definition) is 4. The second kappa shape index (κ2) is 11.9. The van der Waals surface area contributed by atoms with Crippen molar-refractivity contribution in [3.8, 4) is 0 Å². The molecular weight excluding hydrogens is 328 g/mol. The van der Waals surface area contributed by atoms with Crippen LogP contribution in [0.25, 0.3) is 0 Å². The molecule has 26 heavy (non-hydrogen) atoms. The Hall–Kier alpha value is -1.63. The molecule has 0 unspecified atom stereocenters. The van der Waals surface area contributed by atoms with Gasteiger partial charge in [0.1, 0.15) is 12.4 Å². The predicted octanol–water partition coefficient (Wildman–Crippen LogP) is 2.70. The van der Waals surface area contributed by atoms with E-state index in [1.807, 2.05) is 18.5 Å². The molecule has 1 saturated carbocycles. The lowest BCUT2D eigenvalue weighted by Crippen LogP contribution is -2.38. The number of aromatic nitrogens is 3. The van der Waals surface area contributed by atoms with E-state index in [4.69, 9.17) is 4.74 Å². The van der Waals surface area contributed by atoms with Gasteiger partial charge in [0.25, 0.3) is 0 Å². The molecule has 0 atom stereocenters. The summed E-state index contributed by atoms with van der Waals surface area (Å²) < 4.78 is 7.97. The number of ether oxygens (including phenoxy) is 1. The van der Waals surface area contributed by atoms with Gasteiger partial charge in [-0.3, -0.25) is 0 Å². The molecule has 2 N–H and O–H groups in total. The summed E-state index contributed by atoms with van der Waals surface area (Å²) >= 11 is 0. The molecule has 0 spiro atoms. The van der Waals surface area contributed by atoms with E-state index in [0.717, 1.165) is 56.6 Å². The van der Waals surface area contributed by atoms with E-state index < -0.39 is 0 Å². The number of aryl methyl sites for hydroxylation is 1. The highest BCUT2D eigenvalue weighted by atomic mass is 16.5. The van der Waals surface area contributed by atoms with Gasteiger partial charge in [0.05, 0.1) is 6.10 Å². The molecule has 7 nitrogen and oxygen atoms in total. The second-order valence-electron chi connectivity index (χ2n) is 7.08. The Labute approximate surface area is 158 Å². The van der Waals surface area contributed by atoms with E-state index in [9.17, 15) is 0 Å². The lowest BCUT2D eigenvalue weighted by molar-refractivity contribution is 0.0277. The molecule has 1 fully saturated rings. The molecule has 7 heteroatoms. The summed E-state index contributed by atoms with van der Waals surface area (Å²) in [6, 6.07) is 0. The fraction of sp³-hybridized carbons (Fsp3) is 0.842. The van der Waals surface area contributed by atoms with Gasteiger partial charge in [0.2, 0.25) is 0 Å². The van der Waals surface area contributed by atoms with Crippen LogP contribution < -0.4 is 10.6 Å². The Morgan fingerprint density at radius 2 is 1.88 bits per heavy atom. The van der Waals surface area contributed by atoms with E-state index >= 15 is 0 Å². The van der Waals surface area contributed by atoms with Crippen molar-refractivity contribution < 1.29 is 4.74 Å². The summed E-state index contributed by atoms with van der Waals surface area (Å²) in [5, 5.41) is 15.1. The Balaban J connectivity index is 1.72. The first-order chi connectivity index (χ1) is 12.7. The van der Waals surface area contributed by atoms with Crippen molar-refractivity contribution in [3.63, 3.8) is 0 Å². The van der Waals surface area contributed by atoms with Gasteiger partial charge in [-0.05, 0) is 32.6 Å². The van der Waals surface area contributed by atoms with E-state index in [1.165, 1.54) is 32.1 Å². The Bertz CT molecular complexity index is 536. The van der Waals surface area contributed by atoms with Crippen molar-refractivity contribution in [2.45, 2.75) is 77.9 Å². The quantitative estimate of drug-likeness (QED) is 0.379. The smallest absolute Gasteiger partial charge is 0.191 e. The molecule has 1 aromatic rings. The molecule has 2 rings (SSSR count). The van der Waals surface area contributed by atoms with E-state index in [2.05, 4.69) is 32.7 Å². The highest BCUT2D eigenvalue weighted by molar-refractivity contribution is 5.79. The topological polar surface area (TPSA) is 76.4 Å². The van der Waals surface area contributed by atoms with Crippen LogP contribution in [0.1, 0.15) is 69.9 Å². The number of guanidine groups is 1. The minimum Gasteiger partial charge on any atom is -0.378 e. The highest BCUT2D eigenvalue weighted by Crippen LogP contribution is 2.20. The lowest BCUT2D eigenvalue weighted by atomic mass is 9.98. The van der Waals surface area contributed by atoms with Crippen LogP contribution >= 0.6 is 0 Å². The second-order valence-corrected chi connectivity index (χ2v) is 7.08. The number of hydrogen-bond donors (Lipinski definition) is 2. The highest BCUT2D eigenvalue weighted by Gasteiger charge is 2.13. The van der Waals surface area contributed by atoms with Crippen LogP contribution in [-0.4, -0.2) is 46.5 Å². The number of unbranched alkanes of at least 4 members (excludes halogenated alkanes) is 1. The standard InChI is InChI=1S/C19H36N6O/c1-4-5-12-20-19(22-15-18-24-23-16(2)25(18)3)21-13-9-14-26-17-10-7-6-8-11-17/h17H,4-15H2,1-3H3,(H2,20,21,22). The molecule has 1 aromatic heterocycles. The van der Waals surface area contributed by atoms with Gasteiger partial charge in [-0.1, -0.05) is 32.6 Å². The van der Waals surface area contributed by atoms with Crippen molar-refractivity contribution in [2.24, 2.45) is 12.0 Å². The molecule has 0 aromatic carbocycles. The van der Waals surface area contributed by atoms with Crippen LogP contribution in [0.2, 0.25) is 0 Å². The largest absolute Gasteiger partial charge is 0.378 e. The predicted molar refractivity (Wildman–Crippen MR) is 105 cm³/mol. The monoisotopic (exact) mass is 364 g/mol. The minimum atomic E-state index is 0.485. The maximum absolute atomic E-state index is 5.99. The molecule has 0 bridgehead atoms. The molecule has 0 aliphatic heterocycles. The number of nitrogens with zero attached hydrogens (tertiary/aromatic N) is 4. The summed E-state index contributed by atoms with van der Waals surface area (Å²) in [6.07, 6.45) is 10.3. The first kappa shape index (κ1) is 20.7. The van der Waals surface area contributed by atoms with Crippen molar-refractivity contribution >= 4 is 5.96 Å². The van der Waals surface area contributed by atoms with Crippen LogP contribution in [0.5, 0.6) is 0 Å². The number of nitrogens with one attached hydrogen (secondary N) is 2. The van der Waals surface area contributed by atoms with Gasteiger partial charge in [0, 0.05) is 26.7 Å². The molecule has 0 saturated heterocycles. The Morgan fingerprint density at radius 3 is 2.54 bits per heavy atom. The van der Waals surface area contributed by atoms with Crippen LogP contribution in [0.4, 0.5) is 0 Å². The molecule has 0 radical (unpaired) electrons. The van der Waals surface area contributed by atoms with Crippen molar-refractivity contribution in [1.82, 2.24) is 25.4 Å². The van der Waals surface area contributed by atoms with Gasteiger partial charge in [0.15, 0.2) is 11.8 Å². The van der Waals surface area contributed by atoms with E-state index in [-0.39, 0.29) is 0 Å². The Kier molecular flexibility index (Phi) is 9.45. The minimum absolute atomic E-state index is 0.485.